The summed E-state index contributed by atoms with van der Waals surface area (Å²) >= 11 is 0. The first kappa shape index (κ1) is 28.3. The fourth-order valence-electron chi connectivity index (χ4n) is 5.11. The second-order valence-electron chi connectivity index (χ2n) is 11.8. The highest BCUT2D eigenvalue weighted by atomic mass is 28.4. The lowest BCUT2D eigenvalue weighted by Gasteiger charge is -2.39. The van der Waals surface area contributed by atoms with E-state index in [4.69, 9.17) is 9.16 Å². The summed E-state index contributed by atoms with van der Waals surface area (Å²) in [7, 11) is -0.394. The normalized spacial score (nSPS) is 26.5. The van der Waals surface area contributed by atoms with Gasteiger partial charge in [0.2, 0.25) is 0 Å². The van der Waals surface area contributed by atoms with Crippen LogP contribution in [0.15, 0.2) is 23.8 Å². The molecule has 0 amide bonds. The van der Waals surface area contributed by atoms with Crippen LogP contribution in [0.1, 0.15) is 91.9 Å². The quantitative estimate of drug-likeness (QED) is 0.132. The molecule has 0 saturated heterocycles. The van der Waals surface area contributed by atoms with Gasteiger partial charge >= 0.3 is 5.97 Å². The SMILES string of the molecule is CCCCC[C@@H](C=C[C@H]1[C@@H]2CC(CCCCC(=O)OC)=C[C@@H]2C[C@@H]1O)O[Si](C)(C)C(C)(C)C. The maximum atomic E-state index is 11.3. The van der Waals surface area contributed by atoms with Crippen molar-refractivity contribution in [3.8, 4) is 0 Å². The average molecular weight is 479 g/mol. The van der Waals surface area contributed by atoms with Crippen LogP contribution < -0.4 is 0 Å². The van der Waals surface area contributed by atoms with Crippen molar-refractivity contribution in [1.29, 1.82) is 0 Å². The number of carbonyl (C=O) groups is 1. The highest BCUT2D eigenvalue weighted by molar-refractivity contribution is 6.74. The minimum atomic E-state index is -1.85. The number of allylic oxidation sites excluding steroid dienone is 2. The molecule has 4 nitrogen and oxygen atoms in total. The highest BCUT2D eigenvalue weighted by Crippen LogP contribution is 2.48. The van der Waals surface area contributed by atoms with E-state index in [0.29, 0.717) is 18.3 Å². The topological polar surface area (TPSA) is 55.8 Å². The molecule has 0 bridgehead atoms. The number of fused-ring (bicyclic) bond motifs is 1. The first-order valence-corrected chi connectivity index (χ1v) is 16.2. The first-order valence-electron chi connectivity index (χ1n) is 13.3. The molecule has 2 aliphatic carbocycles. The largest absolute Gasteiger partial charge is 0.469 e. The molecule has 0 spiro atoms. The summed E-state index contributed by atoms with van der Waals surface area (Å²) in [5, 5.41) is 11.0. The first-order chi connectivity index (χ1) is 15.5. The van der Waals surface area contributed by atoms with Gasteiger partial charge in [-0.05, 0) is 68.5 Å². The lowest BCUT2D eigenvalue weighted by Crippen LogP contribution is -2.43. The lowest BCUT2D eigenvalue weighted by atomic mass is 9.88. The molecule has 0 radical (unpaired) electrons. The molecule has 0 unspecified atom stereocenters. The second-order valence-corrected chi connectivity index (χ2v) is 16.6. The number of carbonyl (C=O) groups excluding carboxylic acids is 1. The zero-order valence-electron chi connectivity index (χ0n) is 22.4. The van der Waals surface area contributed by atoms with Gasteiger partial charge in [0.05, 0.1) is 19.3 Å². The number of aliphatic hydroxyl groups is 1. The van der Waals surface area contributed by atoms with Gasteiger partial charge in [-0.3, -0.25) is 4.79 Å². The third-order valence-electron chi connectivity index (χ3n) is 8.20. The Labute approximate surface area is 204 Å². The average Bonchev–Trinajstić information content (AvgIpc) is 3.24. The fourth-order valence-corrected chi connectivity index (χ4v) is 6.42. The summed E-state index contributed by atoms with van der Waals surface area (Å²) in [6.07, 6.45) is 17.1. The Morgan fingerprint density at radius 3 is 2.61 bits per heavy atom. The number of hydrogen-bond acceptors (Lipinski definition) is 4. The molecule has 2 rings (SSSR count). The number of hydrogen-bond donors (Lipinski definition) is 1. The summed E-state index contributed by atoms with van der Waals surface area (Å²) in [6, 6.07) is 0. The van der Waals surface area contributed by atoms with Gasteiger partial charge in [0.1, 0.15) is 0 Å². The molecule has 2 aliphatic rings. The third kappa shape index (κ3) is 8.36. The van der Waals surface area contributed by atoms with Crippen LogP contribution in [-0.2, 0) is 14.0 Å². The van der Waals surface area contributed by atoms with Crippen LogP contribution in [0, 0.1) is 17.8 Å². The lowest BCUT2D eigenvalue weighted by molar-refractivity contribution is -0.140. The Balaban J connectivity index is 1.97. The Bertz CT molecular complexity index is 676. The molecule has 5 atom stereocenters. The molecule has 0 aromatic carbocycles. The number of esters is 1. The Morgan fingerprint density at radius 2 is 1.97 bits per heavy atom. The zero-order chi connectivity index (χ0) is 24.6. The van der Waals surface area contributed by atoms with Crippen LogP contribution in [0.3, 0.4) is 0 Å². The number of ether oxygens (including phenoxy) is 1. The molecular formula is C28H50O4Si. The van der Waals surface area contributed by atoms with Crippen molar-refractivity contribution < 1.29 is 19.1 Å². The highest BCUT2D eigenvalue weighted by Gasteiger charge is 2.43. The van der Waals surface area contributed by atoms with E-state index in [1.54, 1.807) is 0 Å². The van der Waals surface area contributed by atoms with Crippen molar-refractivity contribution in [1.82, 2.24) is 0 Å². The third-order valence-corrected chi connectivity index (χ3v) is 12.7. The molecule has 5 heteroatoms. The van der Waals surface area contributed by atoms with Gasteiger partial charge in [0.25, 0.3) is 0 Å². The van der Waals surface area contributed by atoms with E-state index in [-0.39, 0.29) is 29.1 Å². The molecule has 0 heterocycles. The summed E-state index contributed by atoms with van der Waals surface area (Å²) < 4.78 is 11.5. The maximum absolute atomic E-state index is 11.3. The molecule has 1 saturated carbocycles. The summed E-state index contributed by atoms with van der Waals surface area (Å²) in [5.74, 6) is 1.10. The number of unbranched alkanes of at least 4 members (excludes halogenated alkanes) is 3. The van der Waals surface area contributed by atoms with Crippen LogP contribution in [0.4, 0.5) is 0 Å². The predicted molar refractivity (Wildman–Crippen MR) is 140 cm³/mol. The Hall–Kier alpha value is -0.913. The van der Waals surface area contributed by atoms with Crippen LogP contribution in [0.5, 0.6) is 0 Å². The zero-order valence-corrected chi connectivity index (χ0v) is 23.4. The minimum Gasteiger partial charge on any atom is -0.469 e. The van der Waals surface area contributed by atoms with Crippen LogP contribution in [-0.4, -0.2) is 38.7 Å². The molecule has 0 aromatic heterocycles. The van der Waals surface area contributed by atoms with Gasteiger partial charge in [-0.15, -0.1) is 0 Å². The van der Waals surface area contributed by atoms with E-state index in [1.807, 2.05) is 0 Å². The Kier molecular flexibility index (Phi) is 10.9. The predicted octanol–water partition coefficient (Wildman–Crippen LogP) is 7.19. The van der Waals surface area contributed by atoms with Crippen LogP contribution in [0.25, 0.3) is 0 Å². The molecule has 0 aliphatic heterocycles. The molecule has 190 valence electrons. The van der Waals surface area contributed by atoms with E-state index < -0.39 is 8.32 Å². The van der Waals surface area contributed by atoms with Crippen LogP contribution in [0.2, 0.25) is 18.1 Å². The molecular weight excluding hydrogens is 428 g/mol. The standard InChI is InChI=1S/C28H50O4Si/c1-8-9-10-14-23(32-33(6,7)28(2,3)4)16-17-24-25-19-21(18-22(25)20-26(24)29)13-11-12-15-27(30)31-5/h16-18,22-26,29H,8-15,19-20H2,1-7H3/t22-,23+,24+,25-,26+/m1/s1. The monoisotopic (exact) mass is 478 g/mol. The van der Waals surface area contributed by atoms with Crippen molar-refractivity contribution in [2.24, 2.45) is 17.8 Å². The van der Waals surface area contributed by atoms with Gasteiger partial charge in [-0.2, -0.15) is 0 Å². The number of aliphatic hydroxyl groups excluding tert-OH is 1. The molecule has 1 N–H and O–H groups in total. The second kappa shape index (κ2) is 12.7. The minimum absolute atomic E-state index is 0.117. The molecule has 33 heavy (non-hydrogen) atoms. The van der Waals surface area contributed by atoms with E-state index in [9.17, 15) is 9.90 Å². The number of methoxy groups -OCH3 is 1. The summed E-state index contributed by atoms with van der Waals surface area (Å²) in [6.45, 7) is 13.8. The maximum Gasteiger partial charge on any atom is 0.305 e. The smallest absolute Gasteiger partial charge is 0.305 e. The van der Waals surface area contributed by atoms with Crippen molar-refractivity contribution in [3.63, 3.8) is 0 Å². The van der Waals surface area contributed by atoms with Crippen molar-refractivity contribution >= 4 is 14.3 Å². The van der Waals surface area contributed by atoms with E-state index in [0.717, 1.165) is 38.5 Å². The van der Waals surface area contributed by atoms with Crippen molar-refractivity contribution in [2.75, 3.05) is 7.11 Å². The summed E-state index contributed by atoms with van der Waals surface area (Å²) in [4.78, 5) is 11.3. The van der Waals surface area contributed by atoms with E-state index in [2.05, 4.69) is 59.0 Å². The molecule has 0 aromatic rings. The van der Waals surface area contributed by atoms with Gasteiger partial charge in [-0.1, -0.05) is 70.8 Å². The van der Waals surface area contributed by atoms with Gasteiger partial charge in [-0.25, -0.2) is 0 Å². The van der Waals surface area contributed by atoms with Crippen LogP contribution >= 0.6 is 0 Å². The number of rotatable bonds is 13. The molecule has 1 fully saturated rings. The van der Waals surface area contributed by atoms with E-state index >= 15 is 0 Å². The fraction of sp³-hybridized carbons (Fsp3) is 0.821. The summed E-state index contributed by atoms with van der Waals surface area (Å²) in [5.41, 5.74) is 1.51. The van der Waals surface area contributed by atoms with Gasteiger partial charge in [0, 0.05) is 12.3 Å². The van der Waals surface area contributed by atoms with Crippen molar-refractivity contribution in [2.45, 2.75) is 122 Å². The van der Waals surface area contributed by atoms with Gasteiger partial charge < -0.3 is 14.3 Å². The van der Waals surface area contributed by atoms with Crippen molar-refractivity contribution in [3.05, 3.63) is 23.8 Å². The van der Waals surface area contributed by atoms with E-state index in [1.165, 1.54) is 31.9 Å². The van der Waals surface area contributed by atoms with Gasteiger partial charge in [0.15, 0.2) is 8.32 Å². The Morgan fingerprint density at radius 1 is 1.24 bits per heavy atom.